The van der Waals surface area contributed by atoms with Crippen LogP contribution >= 0.6 is 0 Å². The van der Waals surface area contributed by atoms with Crippen LogP contribution in [-0.4, -0.2) is 42.5 Å². The Balaban J connectivity index is 1.72. The summed E-state index contributed by atoms with van der Waals surface area (Å²) in [7, 11) is 0. The summed E-state index contributed by atoms with van der Waals surface area (Å²) < 4.78 is 5.48. The Kier molecular flexibility index (Phi) is 5.81. The molecule has 0 saturated carbocycles. The van der Waals surface area contributed by atoms with Gasteiger partial charge in [0.05, 0.1) is 0 Å². The summed E-state index contributed by atoms with van der Waals surface area (Å²) >= 11 is 0. The van der Waals surface area contributed by atoms with Gasteiger partial charge in [-0.25, -0.2) is 0 Å². The smallest absolute Gasteiger partial charge is 0.260 e. The fourth-order valence-corrected chi connectivity index (χ4v) is 2.39. The molecule has 5 heteroatoms. The second-order valence-corrected chi connectivity index (χ2v) is 5.92. The molecular formula is C17H24N2O3. The molecule has 22 heavy (non-hydrogen) atoms. The van der Waals surface area contributed by atoms with Crippen molar-refractivity contribution in [1.82, 2.24) is 10.2 Å². The summed E-state index contributed by atoms with van der Waals surface area (Å²) in [4.78, 5) is 25.6. The number of carbonyl (C=O) groups excluding carboxylic acids is 2. The lowest BCUT2D eigenvalue weighted by atomic mass is 10.0. The van der Waals surface area contributed by atoms with E-state index in [2.05, 4.69) is 5.32 Å². The van der Waals surface area contributed by atoms with Crippen molar-refractivity contribution in [3.63, 3.8) is 0 Å². The number of amides is 2. The molecule has 1 N–H and O–H groups in total. The topological polar surface area (TPSA) is 58.6 Å². The van der Waals surface area contributed by atoms with Gasteiger partial charge in [0.25, 0.3) is 5.91 Å². The Morgan fingerprint density at radius 2 is 1.86 bits per heavy atom. The van der Waals surface area contributed by atoms with Gasteiger partial charge in [-0.3, -0.25) is 9.59 Å². The Morgan fingerprint density at radius 3 is 2.45 bits per heavy atom. The summed E-state index contributed by atoms with van der Waals surface area (Å²) in [5.41, 5.74) is 0. The molecule has 0 radical (unpaired) electrons. The number of carbonyl (C=O) groups is 2. The summed E-state index contributed by atoms with van der Waals surface area (Å²) in [5, 5.41) is 3.03. The minimum Gasteiger partial charge on any atom is -0.484 e. The number of hydrogen-bond donors (Lipinski definition) is 1. The van der Waals surface area contributed by atoms with E-state index >= 15 is 0 Å². The molecule has 2 rings (SSSR count). The fourth-order valence-electron chi connectivity index (χ4n) is 2.39. The number of para-hydroxylation sites is 1. The molecule has 5 nitrogen and oxygen atoms in total. The van der Waals surface area contributed by atoms with E-state index in [0.29, 0.717) is 18.8 Å². The van der Waals surface area contributed by atoms with E-state index in [1.165, 1.54) is 0 Å². The molecular weight excluding hydrogens is 280 g/mol. The first-order valence-corrected chi connectivity index (χ1v) is 7.82. The van der Waals surface area contributed by atoms with Gasteiger partial charge in [0.1, 0.15) is 5.75 Å². The van der Waals surface area contributed by atoms with Crippen LogP contribution in [0.25, 0.3) is 0 Å². The Bertz CT molecular complexity index is 494. The first kappa shape index (κ1) is 16.3. The van der Waals surface area contributed by atoms with Crippen LogP contribution in [0.2, 0.25) is 0 Å². The predicted molar refractivity (Wildman–Crippen MR) is 84.5 cm³/mol. The van der Waals surface area contributed by atoms with Gasteiger partial charge in [0.2, 0.25) is 5.91 Å². The Morgan fingerprint density at radius 1 is 1.23 bits per heavy atom. The molecule has 0 atom stereocenters. The lowest BCUT2D eigenvalue weighted by Crippen LogP contribution is -2.48. The van der Waals surface area contributed by atoms with E-state index < -0.39 is 0 Å². The zero-order valence-electron chi connectivity index (χ0n) is 13.2. The SMILES string of the molecule is CC(C)C(=O)NC1CCN(C(=O)COc2ccccc2)CC1. The molecule has 120 valence electrons. The minimum absolute atomic E-state index is 0.000987. The van der Waals surface area contributed by atoms with E-state index in [1.807, 2.05) is 44.2 Å². The first-order chi connectivity index (χ1) is 10.6. The number of ether oxygens (including phenoxy) is 1. The van der Waals surface area contributed by atoms with E-state index in [1.54, 1.807) is 4.90 Å². The van der Waals surface area contributed by atoms with Crippen LogP contribution in [-0.2, 0) is 9.59 Å². The van der Waals surface area contributed by atoms with Gasteiger partial charge in [0, 0.05) is 25.0 Å². The Hall–Kier alpha value is -2.04. The van der Waals surface area contributed by atoms with Crippen molar-refractivity contribution in [2.75, 3.05) is 19.7 Å². The largest absolute Gasteiger partial charge is 0.484 e. The molecule has 1 heterocycles. The molecule has 0 aliphatic carbocycles. The lowest BCUT2D eigenvalue weighted by molar-refractivity contribution is -0.134. The third kappa shape index (κ3) is 4.76. The van der Waals surface area contributed by atoms with Gasteiger partial charge in [-0.1, -0.05) is 32.0 Å². The molecule has 0 bridgehead atoms. The van der Waals surface area contributed by atoms with Gasteiger partial charge in [0.15, 0.2) is 6.61 Å². The van der Waals surface area contributed by atoms with Crippen LogP contribution in [0, 0.1) is 5.92 Å². The highest BCUT2D eigenvalue weighted by Gasteiger charge is 2.24. The zero-order chi connectivity index (χ0) is 15.9. The van der Waals surface area contributed by atoms with Crippen molar-refractivity contribution in [3.05, 3.63) is 30.3 Å². The minimum atomic E-state index is -0.00232. The lowest BCUT2D eigenvalue weighted by Gasteiger charge is -2.32. The summed E-state index contributed by atoms with van der Waals surface area (Å²) in [5.74, 6) is 0.781. The van der Waals surface area contributed by atoms with E-state index in [4.69, 9.17) is 4.74 Å². The van der Waals surface area contributed by atoms with Crippen molar-refractivity contribution >= 4 is 11.8 Å². The van der Waals surface area contributed by atoms with Crippen molar-refractivity contribution in [3.8, 4) is 5.75 Å². The third-order valence-electron chi connectivity index (χ3n) is 3.82. The molecule has 1 aromatic carbocycles. The quantitative estimate of drug-likeness (QED) is 0.903. The second-order valence-electron chi connectivity index (χ2n) is 5.92. The summed E-state index contributed by atoms with van der Waals surface area (Å²) in [6.07, 6.45) is 1.60. The molecule has 1 saturated heterocycles. The number of hydrogen-bond acceptors (Lipinski definition) is 3. The van der Waals surface area contributed by atoms with Crippen molar-refractivity contribution < 1.29 is 14.3 Å². The molecule has 0 aromatic heterocycles. The highest BCUT2D eigenvalue weighted by atomic mass is 16.5. The molecule has 0 spiro atoms. The maximum Gasteiger partial charge on any atom is 0.260 e. The van der Waals surface area contributed by atoms with E-state index in [0.717, 1.165) is 12.8 Å². The van der Waals surface area contributed by atoms with Crippen LogP contribution in [0.15, 0.2) is 30.3 Å². The third-order valence-corrected chi connectivity index (χ3v) is 3.82. The van der Waals surface area contributed by atoms with Crippen molar-refractivity contribution in [1.29, 1.82) is 0 Å². The molecule has 0 unspecified atom stereocenters. The monoisotopic (exact) mass is 304 g/mol. The first-order valence-electron chi connectivity index (χ1n) is 7.82. The maximum absolute atomic E-state index is 12.1. The molecule has 1 aliphatic rings. The van der Waals surface area contributed by atoms with Gasteiger partial charge >= 0.3 is 0 Å². The number of benzene rings is 1. The van der Waals surface area contributed by atoms with Crippen LogP contribution in [0.3, 0.4) is 0 Å². The van der Waals surface area contributed by atoms with Crippen LogP contribution in [0.5, 0.6) is 5.75 Å². The number of piperidine rings is 1. The molecule has 1 aliphatic heterocycles. The maximum atomic E-state index is 12.1. The highest BCUT2D eigenvalue weighted by molar-refractivity contribution is 5.79. The second kappa shape index (κ2) is 7.82. The zero-order valence-corrected chi connectivity index (χ0v) is 13.2. The number of likely N-dealkylation sites (tertiary alicyclic amines) is 1. The van der Waals surface area contributed by atoms with Gasteiger partial charge in [-0.05, 0) is 25.0 Å². The van der Waals surface area contributed by atoms with Crippen LogP contribution < -0.4 is 10.1 Å². The number of nitrogens with zero attached hydrogens (tertiary/aromatic N) is 1. The average molecular weight is 304 g/mol. The van der Waals surface area contributed by atoms with Crippen LogP contribution in [0.4, 0.5) is 0 Å². The van der Waals surface area contributed by atoms with E-state index in [-0.39, 0.29) is 30.4 Å². The average Bonchev–Trinajstić information content (AvgIpc) is 2.54. The standard InChI is InChI=1S/C17H24N2O3/c1-13(2)17(21)18-14-8-10-19(11-9-14)16(20)12-22-15-6-4-3-5-7-15/h3-7,13-14H,8-12H2,1-2H3,(H,18,21). The predicted octanol–water partition coefficient (Wildman–Crippen LogP) is 1.83. The van der Waals surface area contributed by atoms with Gasteiger partial charge in [-0.2, -0.15) is 0 Å². The fraction of sp³-hybridized carbons (Fsp3) is 0.529. The summed E-state index contributed by atoms with van der Waals surface area (Å²) in [6.45, 7) is 5.16. The Labute approximate surface area is 131 Å². The van der Waals surface area contributed by atoms with Gasteiger partial charge < -0.3 is 15.0 Å². The number of rotatable bonds is 5. The van der Waals surface area contributed by atoms with Gasteiger partial charge in [-0.15, -0.1) is 0 Å². The van der Waals surface area contributed by atoms with Crippen molar-refractivity contribution in [2.24, 2.45) is 5.92 Å². The molecule has 2 amide bonds. The molecule has 1 aromatic rings. The van der Waals surface area contributed by atoms with E-state index in [9.17, 15) is 9.59 Å². The van der Waals surface area contributed by atoms with Crippen molar-refractivity contribution in [2.45, 2.75) is 32.7 Å². The highest BCUT2D eigenvalue weighted by Crippen LogP contribution is 2.13. The summed E-state index contributed by atoms with van der Waals surface area (Å²) in [6, 6.07) is 9.51. The number of nitrogens with one attached hydrogen (secondary N) is 1. The van der Waals surface area contributed by atoms with Crippen LogP contribution in [0.1, 0.15) is 26.7 Å². The molecule has 1 fully saturated rings. The normalized spacial score (nSPS) is 15.7.